The quantitative estimate of drug-likeness (QED) is 0.403. The molecule has 2 N–H and O–H groups in total. The van der Waals surface area contributed by atoms with Crippen molar-refractivity contribution in [2.24, 2.45) is 10.7 Å². The number of hydrogen-bond acceptors (Lipinski definition) is 7. The zero-order valence-electron chi connectivity index (χ0n) is 22.0. The molecule has 2 aromatic rings. The summed E-state index contributed by atoms with van der Waals surface area (Å²) in [4.78, 5) is 33.5. The molecule has 0 spiro atoms. The summed E-state index contributed by atoms with van der Waals surface area (Å²) in [6.07, 6.45) is 3.29. The van der Waals surface area contributed by atoms with Crippen molar-refractivity contribution >= 4 is 26.4 Å². The molecule has 0 radical (unpaired) electrons. The Balaban J connectivity index is 2.05. The van der Waals surface area contributed by atoms with Crippen LogP contribution in [0.2, 0.25) is 18.1 Å². The molecule has 0 saturated heterocycles. The number of nitrogens with two attached hydrogens (primary N) is 1. The summed E-state index contributed by atoms with van der Waals surface area (Å²) in [5, 5.41) is 0.890. The molecule has 1 aromatic carbocycles. The fraction of sp³-hybridized carbons (Fsp3) is 0.462. The monoisotopic (exact) mass is 513 g/mol. The van der Waals surface area contributed by atoms with Crippen molar-refractivity contribution in [2.45, 2.75) is 57.2 Å². The van der Waals surface area contributed by atoms with Crippen molar-refractivity contribution in [3.05, 3.63) is 46.7 Å². The van der Waals surface area contributed by atoms with Gasteiger partial charge in [0.15, 0.2) is 14.1 Å². The van der Waals surface area contributed by atoms with Gasteiger partial charge in [0.1, 0.15) is 11.5 Å². The highest BCUT2D eigenvalue weighted by molar-refractivity contribution is 6.74. The molecule has 0 aliphatic carbocycles. The maximum Gasteiger partial charge on any atom is 0.410 e. The van der Waals surface area contributed by atoms with Crippen LogP contribution in [0.4, 0.5) is 4.79 Å². The minimum absolute atomic E-state index is 0.0838. The molecule has 36 heavy (non-hydrogen) atoms. The van der Waals surface area contributed by atoms with Gasteiger partial charge in [-0.2, -0.15) is 0 Å². The molecule has 194 valence electrons. The number of nitrogens with zero attached hydrogens (tertiary/aromatic N) is 2. The molecular weight excluding hydrogens is 478 g/mol. The number of hydrogen-bond donors (Lipinski definition) is 1. The third-order valence-corrected chi connectivity index (χ3v) is 11.5. The Morgan fingerprint density at radius 3 is 2.25 bits per heavy atom. The Kier molecular flexibility index (Phi) is 7.90. The van der Waals surface area contributed by atoms with Crippen molar-refractivity contribution in [1.29, 1.82) is 0 Å². The number of rotatable bonds is 9. The molecule has 1 aliphatic heterocycles. The average molecular weight is 514 g/mol. The van der Waals surface area contributed by atoms with Gasteiger partial charge >= 0.3 is 6.09 Å². The van der Waals surface area contributed by atoms with Gasteiger partial charge in [-0.05, 0) is 54.7 Å². The van der Waals surface area contributed by atoms with E-state index in [9.17, 15) is 9.59 Å². The van der Waals surface area contributed by atoms with Crippen molar-refractivity contribution in [2.75, 3.05) is 20.8 Å². The van der Waals surface area contributed by atoms with E-state index in [0.29, 0.717) is 47.2 Å². The lowest BCUT2D eigenvalue weighted by atomic mass is 9.74. The van der Waals surface area contributed by atoms with Crippen LogP contribution in [-0.2, 0) is 14.6 Å². The maximum atomic E-state index is 13.7. The Labute approximate surface area is 212 Å². The van der Waals surface area contributed by atoms with Gasteiger partial charge in [-0.15, -0.1) is 0 Å². The van der Waals surface area contributed by atoms with E-state index in [1.54, 1.807) is 20.3 Å². The highest BCUT2D eigenvalue weighted by Crippen LogP contribution is 2.39. The number of methoxy groups -OCH3 is 2. The van der Waals surface area contributed by atoms with E-state index in [1.165, 1.54) is 12.3 Å². The second kappa shape index (κ2) is 10.4. The normalized spacial score (nSPS) is 17.5. The largest absolute Gasteiger partial charge is 0.497 e. The van der Waals surface area contributed by atoms with E-state index in [1.807, 2.05) is 18.2 Å². The van der Waals surface area contributed by atoms with Gasteiger partial charge in [-0.3, -0.25) is 9.78 Å². The Morgan fingerprint density at radius 1 is 1.06 bits per heavy atom. The number of carbonyl (C=O) groups is 2. The molecule has 1 aliphatic rings. The van der Waals surface area contributed by atoms with Crippen LogP contribution in [0.5, 0.6) is 17.2 Å². The first-order chi connectivity index (χ1) is 16.8. The van der Waals surface area contributed by atoms with E-state index < -0.39 is 19.8 Å². The lowest BCUT2D eigenvalue weighted by molar-refractivity contribution is -0.121. The van der Waals surface area contributed by atoms with E-state index in [4.69, 9.17) is 24.4 Å². The van der Waals surface area contributed by atoms with Crippen LogP contribution in [-0.4, -0.2) is 46.1 Å². The number of primary amides is 1. The van der Waals surface area contributed by atoms with E-state index >= 15 is 0 Å². The van der Waals surface area contributed by atoms with Crippen molar-refractivity contribution in [3.63, 3.8) is 0 Å². The third-order valence-electron chi connectivity index (χ3n) is 6.93. The summed E-state index contributed by atoms with van der Waals surface area (Å²) < 4.78 is 22.2. The third kappa shape index (κ3) is 5.76. The zero-order chi connectivity index (χ0) is 26.7. The number of ether oxygens (including phenoxy) is 3. The standard InChI is InChI=1S/C26H35N3O6Si/c1-25(2,3)36(6,7)34-10-8-9-26(17-11-18(32-4)13-19(12-17)33-5)15-22-21(29-23(26)30)14-20(16-28-22)35-24(27)31/h11-16H,8-10H2,1-7H3,(H2,27,31). The highest BCUT2D eigenvalue weighted by atomic mass is 28.4. The van der Waals surface area contributed by atoms with Crippen LogP contribution in [0, 0.1) is 0 Å². The van der Waals surface area contributed by atoms with Crippen molar-refractivity contribution in [3.8, 4) is 17.2 Å². The van der Waals surface area contributed by atoms with Crippen LogP contribution in [0.25, 0.3) is 6.08 Å². The number of carbonyl (C=O) groups excluding carboxylic acids is 2. The highest BCUT2D eigenvalue weighted by Gasteiger charge is 2.41. The van der Waals surface area contributed by atoms with Gasteiger partial charge in [-0.1, -0.05) is 20.8 Å². The molecule has 1 atom stereocenters. The first-order valence-corrected chi connectivity index (χ1v) is 14.7. The lowest BCUT2D eigenvalue weighted by Crippen LogP contribution is -2.45. The van der Waals surface area contributed by atoms with Gasteiger partial charge in [0, 0.05) is 18.7 Å². The molecular formula is C26H35N3O6Si. The number of benzene rings is 1. The molecule has 1 unspecified atom stereocenters. The second-order valence-corrected chi connectivity index (χ2v) is 15.2. The molecule has 3 rings (SSSR count). The van der Waals surface area contributed by atoms with Crippen LogP contribution in [0.1, 0.15) is 39.2 Å². The summed E-state index contributed by atoms with van der Waals surface area (Å²) in [5.74, 6) is 0.873. The molecule has 2 amide bonds. The van der Waals surface area contributed by atoms with Crippen LogP contribution >= 0.6 is 0 Å². The predicted molar refractivity (Wildman–Crippen MR) is 138 cm³/mol. The molecule has 10 heteroatoms. The Hall–Kier alpha value is -3.24. The topological polar surface area (TPSA) is 122 Å². The minimum atomic E-state index is -1.94. The van der Waals surface area contributed by atoms with Crippen LogP contribution < -0.4 is 30.7 Å². The molecule has 0 fully saturated rings. The van der Waals surface area contributed by atoms with Crippen molar-refractivity contribution < 1.29 is 28.2 Å². The lowest BCUT2D eigenvalue weighted by Gasteiger charge is -2.36. The smallest absolute Gasteiger partial charge is 0.410 e. The fourth-order valence-corrected chi connectivity index (χ4v) is 4.90. The maximum absolute atomic E-state index is 13.7. The van der Waals surface area contributed by atoms with Gasteiger partial charge in [0.05, 0.1) is 36.5 Å². The average Bonchev–Trinajstić information content (AvgIpc) is 2.80. The number of fused-ring (bicyclic) bond motifs is 1. The summed E-state index contributed by atoms with van der Waals surface area (Å²) in [6.45, 7) is 11.5. The predicted octanol–water partition coefficient (Wildman–Crippen LogP) is 3.24. The Morgan fingerprint density at radius 2 is 1.69 bits per heavy atom. The summed E-state index contributed by atoms with van der Waals surface area (Å²) in [5.41, 5.74) is 4.68. The molecule has 9 nitrogen and oxygen atoms in total. The van der Waals surface area contributed by atoms with E-state index in [-0.39, 0.29) is 16.7 Å². The first kappa shape index (κ1) is 27.3. The fourth-order valence-electron chi connectivity index (χ4n) is 3.81. The first-order valence-electron chi connectivity index (χ1n) is 11.8. The number of pyridine rings is 1. The summed E-state index contributed by atoms with van der Waals surface area (Å²) >= 11 is 0. The molecule has 1 aromatic heterocycles. The van der Waals surface area contributed by atoms with E-state index in [2.05, 4.69) is 43.8 Å². The zero-order valence-corrected chi connectivity index (χ0v) is 23.0. The molecule has 0 bridgehead atoms. The Bertz CT molecular complexity index is 1250. The second-order valence-electron chi connectivity index (χ2n) is 10.3. The van der Waals surface area contributed by atoms with E-state index in [0.717, 1.165) is 0 Å². The molecule has 2 heterocycles. The van der Waals surface area contributed by atoms with Crippen LogP contribution in [0.3, 0.4) is 0 Å². The number of amides is 2. The van der Waals surface area contributed by atoms with Gasteiger partial charge in [0.2, 0.25) is 0 Å². The minimum Gasteiger partial charge on any atom is -0.497 e. The molecule has 0 saturated carbocycles. The van der Waals surface area contributed by atoms with Crippen LogP contribution in [0.15, 0.2) is 35.5 Å². The number of aromatic nitrogens is 1. The van der Waals surface area contributed by atoms with Crippen molar-refractivity contribution in [1.82, 2.24) is 4.98 Å². The SMILES string of the molecule is COc1cc(OC)cc(C2(CCCO[Si](C)(C)C(C)(C)C)C=c3ncc(OC(N)=O)cc3=NC2=O)c1. The van der Waals surface area contributed by atoms with Gasteiger partial charge in [-0.25, -0.2) is 9.79 Å². The summed E-state index contributed by atoms with van der Waals surface area (Å²) in [6, 6.07) is 6.85. The summed E-state index contributed by atoms with van der Waals surface area (Å²) in [7, 11) is 1.18. The van der Waals surface area contributed by atoms with Gasteiger partial charge in [0.25, 0.3) is 5.91 Å². The van der Waals surface area contributed by atoms with Gasteiger partial charge < -0.3 is 24.4 Å².